The Labute approximate surface area is 186 Å². The van der Waals surface area contributed by atoms with Crippen LogP contribution in [0.3, 0.4) is 0 Å². The second-order valence-electron chi connectivity index (χ2n) is 7.63. The van der Waals surface area contributed by atoms with Crippen LogP contribution in [0.15, 0.2) is 29.2 Å². The number of hydrogen-bond acceptors (Lipinski definition) is 8. The van der Waals surface area contributed by atoms with Crippen LogP contribution in [-0.2, 0) is 13.6 Å². The van der Waals surface area contributed by atoms with E-state index in [1.165, 1.54) is 33.8 Å². The Bertz CT molecular complexity index is 1530. The van der Waals surface area contributed by atoms with Gasteiger partial charge in [0.1, 0.15) is 29.5 Å². The molecule has 2 N–H and O–H groups in total. The summed E-state index contributed by atoms with van der Waals surface area (Å²) < 4.78 is 24.6. The second kappa shape index (κ2) is 7.27. The molecule has 4 aromatic rings. The lowest BCUT2D eigenvalue weighted by molar-refractivity contribution is 0.217. The van der Waals surface area contributed by atoms with Gasteiger partial charge in [0.25, 0.3) is 5.88 Å². The number of ether oxygens (including phenoxy) is 1. The fourth-order valence-corrected chi connectivity index (χ4v) is 4.00. The highest BCUT2D eigenvalue weighted by Crippen LogP contribution is 2.33. The van der Waals surface area contributed by atoms with E-state index in [0.717, 1.165) is 0 Å². The number of anilines is 1. The molecule has 0 saturated carbocycles. The molecule has 4 heterocycles. The van der Waals surface area contributed by atoms with Crippen LogP contribution in [0.4, 0.5) is 10.2 Å². The van der Waals surface area contributed by atoms with Crippen LogP contribution in [0.5, 0.6) is 5.88 Å². The number of aryl methyl sites for hydroxylation is 2. The molecule has 1 atom stereocenters. The molecule has 0 aliphatic carbocycles. The number of nitrogens with two attached hydrogens (primary N) is 1. The number of halogens is 1. The van der Waals surface area contributed by atoms with Gasteiger partial charge in [-0.1, -0.05) is 0 Å². The highest BCUT2D eigenvalue weighted by atomic mass is 19.1. The number of nitrogen functional groups attached to an aromatic ring is 1. The molecule has 1 aliphatic heterocycles. The molecule has 5 rings (SSSR count). The van der Waals surface area contributed by atoms with E-state index >= 15 is 0 Å². The van der Waals surface area contributed by atoms with Gasteiger partial charge < -0.3 is 10.5 Å². The normalized spacial score (nSPS) is 14.7. The lowest BCUT2D eigenvalue weighted by Gasteiger charge is -2.21. The van der Waals surface area contributed by atoms with Crippen molar-refractivity contribution in [3.05, 3.63) is 63.5 Å². The van der Waals surface area contributed by atoms with Crippen LogP contribution in [0.25, 0.3) is 16.9 Å². The van der Waals surface area contributed by atoms with E-state index in [1.807, 2.05) is 0 Å². The minimum atomic E-state index is -0.749. The highest BCUT2D eigenvalue weighted by Gasteiger charge is 2.26. The van der Waals surface area contributed by atoms with Gasteiger partial charge in [0.2, 0.25) is 0 Å². The number of hydrogen-bond donors (Lipinski definition) is 1. The van der Waals surface area contributed by atoms with E-state index < -0.39 is 17.6 Å². The van der Waals surface area contributed by atoms with E-state index in [9.17, 15) is 14.4 Å². The Morgan fingerprint density at radius 2 is 2.12 bits per heavy atom. The summed E-state index contributed by atoms with van der Waals surface area (Å²) in [5.41, 5.74) is 7.73. The lowest BCUT2D eigenvalue weighted by Crippen LogP contribution is -2.25. The molecule has 1 aliphatic rings. The van der Waals surface area contributed by atoms with Crippen molar-refractivity contribution in [2.75, 3.05) is 5.73 Å². The van der Waals surface area contributed by atoms with Crippen LogP contribution < -0.4 is 16.2 Å². The van der Waals surface area contributed by atoms with Crippen LogP contribution in [0.1, 0.15) is 35.8 Å². The molecule has 0 amide bonds. The molecule has 12 heteroatoms. The van der Waals surface area contributed by atoms with Gasteiger partial charge >= 0.3 is 5.69 Å². The molecular formula is C21H18FN9O2. The van der Waals surface area contributed by atoms with E-state index in [1.54, 1.807) is 25.6 Å². The molecular weight excluding hydrogens is 429 g/mol. The standard InChI is InChI=1S/C21H18FN9O2/c1-10-13-6-12(22)4-5-16(13)31-21(32)26-11(2)30(31)9-15-18(17(7-23)29(3)28-15)14-8-25-19(24)20(27-14)33-10/h4-6,8,10H,9H2,1-3H3,(H2,24,25)/t10-/m1/s1. The monoisotopic (exact) mass is 447 g/mol. The fourth-order valence-electron chi connectivity index (χ4n) is 4.00. The maximum Gasteiger partial charge on any atom is 0.368 e. The number of aromatic nitrogens is 7. The van der Waals surface area contributed by atoms with Gasteiger partial charge in [0, 0.05) is 12.6 Å². The molecule has 2 bridgehead atoms. The Morgan fingerprint density at radius 1 is 1.33 bits per heavy atom. The first-order chi connectivity index (χ1) is 15.8. The van der Waals surface area contributed by atoms with Gasteiger partial charge in [-0.15, -0.1) is 0 Å². The smallest absolute Gasteiger partial charge is 0.368 e. The van der Waals surface area contributed by atoms with Crippen molar-refractivity contribution < 1.29 is 9.13 Å². The Kier molecular flexibility index (Phi) is 4.49. The summed E-state index contributed by atoms with van der Waals surface area (Å²) in [6.45, 7) is 3.47. The van der Waals surface area contributed by atoms with Crippen molar-refractivity contribution in [3.63, 3.8) is 0 Å². The Balaban J connectivity index is 1.89. The molecule has 0 fully saturated rings. The van der Waals surface area contributed by atoms with Crippen molar-refractivity contribution in [3.8, 4) is 28.9 Å². The van der Waals surface area contributed by atoms with Crippen LogP contribution in [-0.4, -0.2) is 34.1 Å². The first kappa shape index (κ1) is 20.4. The van der Waals surface area contributed by atoms with E-state index in [4.69, 9.17) is 10.5 Å². The van der Waals surface area contributed by atoms with Crippen LogP contribution in [0.2, 0.25) is 0 Å². The van der Waals surface area contributed by atoms with E-state index in [-0.39, 0.29) is 23.9 Å². The molecule has 33 heavy (non-hydrogen) atoms. The Morgan fingerprint density at radius 3 is 2.88 bits per heavy atom. The number of nitrogens with zero attached hydrogens (tertiary/aromatic N) is 8. The zero-order valence-corrected chi connectivity index (χ0v) is 17.9. The largest absolute Gasteiger partial charge is 0.467 e. The first-order valence-electron chi connectivity index (χ1n) is 10.00. The number of fused-ring (bicyclic) bond motifs is 7. The minimum absolute atomic E-state index is 0.0199. The minimum Gasteiger partial charge on any atom is -0.467 e. The molecule has 3 aromatic heterocycles. The van der Waals surface area contributed by atoms with E-state index in [2.05, 4.69) is 26.1 Å². The second-order valence-corrected chi connectivity index (χ2v) is 7.63. The number of nitriles is 1. The Hall–Kier alpha value is -4.53. The average Bonchev–Trinajstić information content (AvgIpc) is 3.23. The van der Waals surface area contributed by atoms with Crippen molar-refractivity contribution >= 4 is 5.82 Å². The van der Waals surface area contributed by atoms with Crippen molar-refractivity contribution in [1.29, 1.82) is 5.26 Å². The molecule has 0 saturated heterocycles. The molecule has 1 aromatic carbocycles. The zero-order chi connectivity index (χ0) is 23.4. The van der Waals surface area contributed by atoms with Crippen LogP contribution in [0, 0.1) is 24.1 Å². The summed E-state index contributed by atoms with van der Waals surface area (Å²) >= 11 is 0. The third kappa shape index (κ3) is 3.13. The summed E-state index contributed by atoms with van der Waals surface area (Å²) in [4.78, 5) is 25.6. The maximum atomic E-state index is 14.2. The lowest BCUT2D eigenvalue weighted by atomic mass is 10.1. The summed E-state index contributed by atoms with van der Waals surface area (Å²) in [7, 11) is 1.64. The third-order valence-electron chi connectivity index (χ3n) is 5.55. The van der Waals surface area contributed by atoms with Gasteiger partial charge in [0.05, 0.1) is 35.4 Å². The maximum absolute atomic E-state index is 14.2. The predicted octanol–water partition coefficient (Wildman–Crippen LogP) is 1.63. The third-order valence-corrected chi connectivity index (χ3v) is 5.55. The molecule has 166 valence electrons. The highest BCUT2D eigenvalue weighted by molar-refractivity contribution is 5.69. The topological polar surface area (TPSA) is 142 Å². The quantitative estimate of drug-likeness (QED) is 0.428. The summed E-state index contributed by atoms with van der Waals surface area (Å²) in [6, 6.07) is 6.17. The first-order valence-corrected chi connectivity index (χ1v) is 10.00. The van der Waals surface area contributed by atoms with Gasteiger partial charge in [0.15, 0.2) is 5.82 Å². The van der Waals surface area contributed by atoms with Crippen LogP contribution >= 0.6 is 0 Å². The van der Waals surface area contributed by atoms with Crippen molar-refractivity contribution in [1.82, 2.24) is 34.1 Å². The molecule has 11 nitrogen and oxygen atoms in total. The predicted molar refractivity (Wildman–Crippen MR) is 114 cm³/mol. The van der Waals surface area contributed by atoms with Gasteiger partial charge in [-0.2, -0.15) is 20.0 Å². The molecule has 0 unspecified atom stereocenters. The van der Waals surface area contributed by atoms with E-state index in [0.29, 0.717) is 34.0 Å². The van der Waals surface area contributed by atoms with Gasteiger partial charge in [-0.3, -0.25) is 9.36 Å². The zero-order valence-electron chi connectivity index (χ0n) is 17.9. The molecule has 0 radical (unpaired) electrons. The van der Waals surface area contributed by atoms with Gasteiger partial charge in [-0.05, 0) is 32.0 Å². The molecule has 0 spiro atoms. The number of benzene rings is 1. The number of rotatable bonds is 0. The van der Waals surface area contributed by atoms with Crippen molar-refractivity contribution in [2.24, 2.45) is 7.05 Å². The summed E-state index contributed by atoms with van der Waals surface area (Å²) in [5, 5.41) is 14.3. The SMILES string of the molecule is Cc1nc(=O)n2n1Cc1nn(C)c(C#N)c1-c1cnc(N)c(n1)O[C@H](C)c1cc(F)ccc1-2. The summed E-state index contributed by atoms with van der Waals surface area (Å²) in [5.74, 6) is -0.0279. The fraction of sp³-hybridized carbons (Fsp3) is 0.238. The van der Waals surface area contributed by atoms with Gasteiger partial charge in [-0.25, -0.2) is 19.2 Å². The summed E-state index contributed by atoms with van der Waals surface area (Å²) in [6.07, 6.45) is 0.683. The van der Waals surface area contributed by atoms with Crippen molar-refractivity contribution in [2.45, 2.75) is 26.5 Å². The average molecular weight is 447 g/mol.